The molecule has 5 heteroatoms. The molecule has 9 aromatic rings. The van der Waals surface area contributed by atoms with Crippen LogP contribution in [0.1, 0.15) is 0 Å². The summed E-state index contributed by atoms with van der Waals surface area (Å²) < 4.78 is 1.02. The van der Waals surface area contributed by atoms with Crippen molar-refractivity contribution in [3.05, 3.63) is 181 Å². The molecule has 51 heavy (non-hydrogen) atoms. The summed E-state index contributed by atoms with van der Waals surface area (Å²) in [5.41, 5.74) is 11.7. The molecule has 6 aromatic carbocycles. The van der Waals surface area contributed by atoms with Gasteiger partial charge in [-0.2, -0.15) is 11.3 Å². The van der Waals surface area contributed by atoms with Gasteiger partial charge in [0.05, 0.1) is 29.2 Å². The van der Waals surface area contributed by atoms with Crippen LogP contribution in [0.2, 0.25) is 0 Å². The SMILES string of the molecule is [C-]#[N+]c1sc2c(-c3ccccc3)nc3ccccc3c2c1-c1ccc(-c2cc(-c3cccc(-c4ccccc4)c3)nc(-c3ccccc3)n2)cc1. The maximum Gasteiger partial charge on any atom is 0.250 e. The van der Waals surface area contributed by atoms with Crippen molar-refractivity contribution in [1.82, 2.24) is 15.0 Å². The number of rotatable bonds is 6. The number of para-hydroxylation sites is 1. The molecule has 4 nitrogen and oxygen atoms in total. The molecule has 0 N–H and O–H groups in total. The third kappa shape index (κ3) is 5.64. The van der Waals surface area contributed by atoms with E-state index in [1.807, 2.05) is 66.7 Å². The predicted octanol–water partition coefficient (Wildman–Crippen LogP) is 12.8. The number of thiophene rings is 1. The fourth-order valence-electron chi connectivity index (χ4n) is 6.69. The predicted molar refractivity (Wildman–Crippen MR) is 212 cm³/mol. The zero-order valence-electron chi connectivity index (χ0n) is 27.4. The van der Waals surface area contributed by atoms with Crippen LogP contribution < -0.4 is 0 Å². The molecule has 238 valence electrons. The molecule has 9 rings (SSSR count). The van der Waals surface area contributed by atoms with Gasteiger partial charge in [0.25, 0.3) is 0 Å². The molecule has 0 radical (unpaired) electrons. The molecule has 0 unspecified atom stereocenters. The maximum absolute atomic E-state index is 8.21. The average Bonchev–Trinajstić information content (AvgIpc) is 3.62. The van der Waals surface area contributed by atoms with E-state index < -0.39 is 0 Å². The van der Waals surface area contributed by atoms with Crippen molar-refractivity contribution >= 4 is 37.3 Å². The van der Waals surface area contributed by atoms with Gasteiger partial charge in [-0.1, -0.05) is 152 Å². The van der Waals surface area contributed by atoms with Gasteiger partial charge in [-0.05, 0) is 34.9 Å². The third-order valence-corrected chi connectivity index (χ3v) is 10.2. The van der Waals surface area contributed by atoms with E-state index >= 15 is 0 Å². The van der Waals surface area contributed by atoms with E-state index in [0.29, 0.717) is 10.8 Å². The van der Waals surface area contributed by atoms with Crippen LogP contribution >= 0.6 is 11.3 Å². The van der Waals surface area contributed by atoms with Crippen LogP contribution in [0.4, 0.5) is 5.00 Å². The smallest absolute Gasteiger partial charge is 0.246 e. The molecule has 0 aliphatic heterocycles. The number of aromatic nitrogens is 3. The lowest BCUT2D eigenvalue weighted by Gasteiger charge is -2.12. The zero-order valence-corrected chi connectivity index (χ0v) is 28.2. The van der Waals surface area contributed by atoms with Crippen LogP contribution in [0.15, 0.2) is 170 Å². The van der Waals surface area contributed by atoms with Crippen LogP contribution in [-0.2, 0) is 0 Å². The van der Waals surface area contributed by atoms with E-state index in [0.717, 1.165) is 82.6 Å². The van der Waals surface area contributed by atoms with Crippen LogP contribution in [0.25, 0.3) is 93.2 Å². The fraction of sp³-hybridized carbons (Fsp3) is 0. The highest BCUT2D eigenvalue weighted by Gasteiger charge is 2.21. The Labute approximate surface area is 299 Å². The van der Waals surface area contributed by atoms with E-state index in [1.54, 1.807) is 0 Å². The van der Waals surface area contributed by atoms with Gasteiger partial charge in [0, 0.05) is 43.3 Å². The van der Waals surface area contributed by atoms with Gasteiger partial charge in [-0.3, -0.25) is 0 Å². The van der Waals surface area contributed by atoms with E-state index in [4.69, 9.17) is 21.5 Å². The van der Waals surface area contributed by atoms with E-state index in [2.05, 4.69) is 108 Å². The Bertz CT molecular complexity index is 2730. The van der Waals surface area contributed by atoms with Crippen LogP contribution in [0.5, 0.6) is 0 Å². The fourth-order valence-corrected chi connectivity index (χ4v) is 7.83. The summed E-state index contributed by atoms with van der Waals surface area (Å²) in [7, 11) is 0. The quantitative estimate of drug-likeness (QED) is 0.166. The number of benzene rings is 6. The van der Waals surface area contributed by atoms with Crippen LogP contribution in [0, 0.1) is 6.57 Å². The summed E-state index contributed by atoms with van der Waals surface area (Å²) in [4.78, 5) is 19.3. The summed E-state index contributed by atoms with van der Waals surface area (Å²) in [6.07, 6.45) is 0. The third-order valence-electron chi connectivity index (χ3n) is 9.15. The first-order chi connectivity index (χ1) is 25.2. The topological polar surface area (TPSA) is 43.0 Å². The Morgan fingerprint density at radius 2 is 1.02 bits per heavy atom. The second-order valence-corrected chi connectivity index (χ2v) is 13.3. The van der Waals surface area contributed by atoms with Crippen molar-refractivity contribution < 1.29 is 0 Å². The van der Waals surface area contributed by atoms with E-state index in [9.17, 15) is 0 Å². The van der Waals surface area contributed by atoms with Gasteiger partial charge < -0.3 is 0 Å². The zero-order chi connectivity index (χ0) is 34.1. The summed E-state index contributed by atoms with van der Waals surface area (Å²) in [5.74, 6) is 0.670. The Morgan fingerprint density at radius 3 is 1.73 bits per heavy atom. The largest absolute Gasteiger partial charge is 0.250 e. The van der Waals surface area contributed by atoms with Crippen molar-refractivity contribution in [3.8, 4) is 67.4 Å². The molecule has 3 heterocycles. The van der Waals surface area contributed by atoms with Crippen molar-refractivity contribution in [1.29, 1.82) is 0 Å². The minimum atomic E-state index is 0.655. The van der Waals surface area contributed by atoms with Crippen LogP contribution in [-0.4, -0.2) is 15.0 Å². The minimum Gasteiger partial charge on any atom is -0.246 e. The molecule has 0 saturated heterocycles. The monoisotopic (exact) mass is 668 g/mol. The van der Waals surface area contributed by atoms with Gasteiger partial charge in [-0.25, -0.2) is 19.8 Å². The first-order valence-corrected chi connectivity index (χ1v) is 17.5. The maximum atomic E-state index is 8.21. The molecule has 0 amide bonds. The highest BCUT2D eigenvalue weighted by molar-refractivity contribution is 7.24. The normalized spacial score (nSPS) is 11.1. The molecule has 0 saturated carbocycles. The second-order valence-electron chi connectivity index (χ2n) is 12.3. The molecule has 3 aromatic heterocycles. The van der Waals surface area contributed by atoms with Crippen molar-refractivity contribution in [2.24, 2.45) is 0 Å². The van der Waals surface area contributed by atoms with Crippen molar-refractivity contribution in [2.45, 2.75) is 0 Å². The van der Waals surface area contributed by atoms with E-state index in [1.165, 1.54) is 11.3 Å². The lowest BCUT2D eigenvalue weighted by atomic mass is 9.97. The molecule has 0 bridgehead atoms. The number of hydrogen-bond donors (Lipinski definition) is 0. The van der Waals surface area contributed by atoms with Gasteiger partial charge >= 0.3 is 0 Å². The van der Waals surface area contributed by atoms with Crippen LogP contribution in [0.3, 0.4) is 0 Å². The highest BCUT2D eigenvalue weighted by Crippen LogP contribution is 2.50. The van der Waals surface area contributed by atoms with Crippen molar-refractivity contribution in [2.75, 3.05) is 0 Å². The Kier molecular flexibility index (Phi) is 7.70. The molecule has 0 fully saturated rings. The van der Waals surface area contributed by atoms with Gasteiger partial charge in [-0.15, -0.1) is 0 Å². The first kappa shape index (κ1) is 30.3. The number of nitrogens with zero attached hydrogens (tertiary/aromatic N) is 4. The van der Waals surface area contributed by atoms with Gasteiger partial charge in [0.1, 0.15) is 0 Å². The highest BCUT2D eigenvalue weighted by atomic mass is 32.1. The molecule has 0 spiro atoms. The summed E-state index contributed by atoms with van der Waals surface area (Å²) in [5, 5.41) is 2.77. The molecular weight excluding hydrogens is 641 g/mol. The first-order valence-electron chi connectivity index (χ1n) is 16.7. The van der Waals surface area contributed by atoms with E-state index in [-0.39, 0.29) is 0 Å². The molecular formula is C46H28N4S. The lowest BCUT2D eigenvalue weighted by molar-refractivity contribution is 1.18. The molecule has 0 aliphatic rings. The molecule has 0 aliphatic carbocycles. The number of hydrogen-bond acceptors (Lipinski definition) is 4. The summed E-state index contributed by atoms with van der Waals surface area (Å²) in [6, 6.07) is 58.0. The Hall–Kier alpha value is -6.74. The Morgan fingerprint density at radius 1 is 0.451 bits per heavy atom. The standard InChI is InChI=1S/C46H28N4S/c1-47-46-41(42-37-22-11-12-23-38(37)48-43(44(42)51-46)33-16-7-3-8-17-33)32-26-24-31(25-27-32)39-29-40(50-45(49-39)34-18-9-4-10-19-34)36-21-13-20-35(28-36)30-14-5-2-6-15-30/h2-29H. The van der Waals surface area contributed by atoms with Crippen molar-refractivity contribution in [3.63, 3.8) is 0 Å². The van der Waals surface area contributed by atoms with Gasteiger partial charge in [0.2, 0.25) is 5.00 Å². The minimum absolute atomic E-state index is 0.655. The average molecular weight is 669 g/mol. The summed E-state index contributed by atoms with van der Waals surface area (Å²) in [6.45, 7) is 8.21. The molecule has 0 atom stereocenters. The second kappa shape index (κ2) is 12.9. The summed E-state index contributed by atoms with van der Waals surface area (Å²) >= 11 is 1.52. The number of fused-ring (bicyclic) bond motifs is 3. The number of pyridine rings is 1. The Balaban J connectivity index is 1.19. The van der Waals surface area contributed by atoms with Gasteiger partial charge in [0.15, 0.2) is 5.82 Å². The lowest BCUT2D eigenvalue weighted by Crippen LogP contribution is -1.96.